The van der Waals surface area contributed by atoms with Crippen molar-refractivity contribution in [3.05, 3.63) is 64.5 Å². The molecule has 0 fully saturated rings. The zero-order valence-corrected chi connectivity index (χ0v) is 13.8. The summed E-state index contributed by atoms with van der Waals surface area (Å²) >= 11 is 0. The molecule has 0 aliphatic carbocycles. The van der Waals surface area contributed by atoms with E-state index >= 15 is 0 Å². The highest BCUT2D eigenvalue weighted by molar-refractivity contribution is 6.05. The maximum atomic E-state index is 13.0. The molecule has 9 heteroatoms. The second-order valence-electron chi connectivity index (χ2n) is 5.56. The van der Waals surface area contributed by atoms with E-state index in [2.05, 4.69) is 9.83 Å². The molecule has 2 heterocycles. The summed E-state index contributed by atoms with van der Waals surface area (Å²) in [7, 11) is 0. The molecule has 0 atom stereocenters. The van der Waals surface area contributed by atoms with Crippen LogP contribution in [0.4, 0.5) is 18.9 Å². The fourth-order valence-electron chi connectivity index (χ4n) is 2.67. The van der Waals surface area contributed by atoms with E-state index in [4.69, 9.17) is 15.7 Å². The number of halogens is 3. The van der Waals surface area contributed by atoms with Gasteiger partial charge in [0, 0.05) is 17.1 Å². The lowest BCUT2D eigenvalue weighted by Gasteiger charge is -2.13. The third-order valence-electron chi connectivity index (χ3n) is 3.82. The molecule has 27 heavy (non-hydrogen) atoms. The number of fused-ring (bicyclic) bond motifs is 1. The van der Waals surface area contributed by atoms with Crippen LogP contribution in [0.2, 0.25) is 0 Å². The maximum absolute atomic E-state index is 13.0. The van der Waals surface area contributed by atoms with Crippen molar-refractivity contribution in [3.8, 4) is 5.75 Å². The van der Waals surface area contributed by atoms with E-state index in [1.165, 1.54) is 31.2 Å². The molecule has 0 radical (unpaired) electrons. The first-order chi connectivity index (χ1) is 12.7. The number of ether oxygens (including phenoxy) is 1. The Labute approximate surface area is 150 Å². The quantitative estimate of drug-likeness (QED) is 0.650. The summed E-state index contributed by atoms with van der Waals surface area (Å²) in [4.78, 5) is 18.0. The van der Waals surface area contributed by atoms with Gasteiger partial charge in [-0.25, -0.2) is 9.64 Å². The van der Waals surface area contributed by atoms with Gasteiger partial charge in [-0.15, -0.1) is 0 Å². The second-order valence-corrected chi connectivity index (χ2v) is 5.56. The highest BCUT2D eigenvalue weighted by Gasteiger charge is 2.35. The topological polar surface area (TPSA) is 76.9 Å². The Morgan fingerprint density at radius 2 is 2.15 bits per heavy atom. The maximum Gasteiger partial charge on any atom is 0.433 e. The van der Waals surface area contributed by atoms with Gasteiger partial charge in [0.25, 0.3) is 0 Å². The van der Waals surface area contributed by atoms with Gasteiger partial charge in [0.15, 0.2) is 5.69 Å². The van der Waals surface area contributed by atoms with Gasteiger partial charge < -0.3 is 14.3 Å². The molecule has 2 aromatic heterocycles. The minimum absolute atomic E-state index is 0.00867. The summed E-state index contributed by atoms with van der Waals surface area (Å²) in [6.07, 6.45) is -3.62. The number of aromatic carboxylic acids is 1. The van der Waals surface area contributed by atoms with Crippen molar-refractivity contribution in [2.75, 3.05) is 0 Å². The third kappa shape index (κ3) is 3.42. The van der Waals surface area contributed by atoms with Gasteiger partial charge in [-0.3, -0.25) is 4.98 Å². The number of carbonyl (C=O) groups is 1. The van der Waals surface area contributed by atoms with Crippen molar-refractivity contribution in [2.24, 2.45) is 0 Å². The number of furan rings is 1. The van der Waals surface area contributed by atoms with E-state index in [1.807, 2.05) is 0 Å². The van der Waals surface area contributed by atoms with Crippen molar-refractivity contribution >= 4 is 22.6 Å². The van der Waals surface area contributed by atoms with Crippen LogP contribution < -0.4 is 4.74 Å². The average Bonchev–Trinajstić information content (AvgIpc) is 2.93. The smallest absolute Gasteiger partial charge is 0.433 e. The molecule has 0 spiro atoms. The van der Waals surface area contributed by atoms with Gasteiger partial charge in [0.2, 0.25) is 5.69 Å². The Morgan fingerprint density at radius 3 is 2.78 bits per heavy atom. The Hall–Kier alpha value is -3.54. The van der Waals surface area contributed by atoms with E-state index in [-0.39, 0.29) is 39.3 Å². The fraction of sp³-hybridized carbons (Fsp3) is 0.167. The predicted molar refractivity (Wildman–Crippen MR) is 87.7 cm³/mol. The van der Waals surface area contributed by atoms with Crippen molar-refractivity contribution in [3.63, 3.8) is 0 Å². The summed E-state index contributed by atoms with van der Waals surface area (Å²) in [6.45, 7) is 8.20. The monoisotopic (exact) mass is 376 g/mol. The SMILES string of the molecule is [C-]#[N+]c1cc2oc(C)c(C(=O)O)c2cc1OCc1cccnc1C(F)(F)F. The van der Waals surface area contributed by atoms with Crippen molar-refractivity contribution in [1.82, 2.24) is 4.98 Å². The summed E-state index contributed by atoms with van der Waals surface area (Å²) < 4.78 is 49.8. The molecule has 0 saturated carbocycles. The number of nitrogens with zero attached hydrogens (tertiary/aromatic N) is 2. The summed E-state index contributed by atoms with van der Waals surface area (Å²) in [5.74, 6) is -1.12. The number of hydrogen-bond acceptors (Lipinski definition) is 4. The Balaban J connectivity index is 2.02. The molecule has 1 N–H and O–H groups in total. The zero-order chi connectivity index (χ0) is 19.8. The van der Waals surface area contributed by atoms with Gasteiger partial charge in [0.1, 0.15) is 29.3 Å². The number of carboxylic acids is 1. The van der Waals surface area contributed by atoms with Crippen LogP contribution in [-0.4, -0.2) is 16.1 Å². The van der Waals surface area contributed by atoms with Crippen molar-refractivity contribution in [1.29, 1.82) is 0 Å². The first-order valence-electron chi connectivity index (χ1n) is 7.54. The molecule has 0 aliphatic rings. The van der Waals surface area contributed by atoms with E-state index in [1.54, 1.807) is 0 Å². The zero-order valence-electron chi connectivity index (χ0n) is 13.8. The van der Waals surface area contributed by atoms with E-state index in [0.29, 0.717) is 0 Å². The van der Waals surface area contributed by atoms with E-state index in [9.17, 15) is 23.1 Å². The molecular formula is C18H11F3N2O4. The number of rotatable bonds is 4. The predicted octanol–water partition coefficient (Wildman–Crippen LogP) is 4.98. The first-order valence-corrected chi connectivity index (χ1v) is 7.54. The third-order valence-corrected chi connectivity index (χ3v) is 3.82. The molecule has 138 valence electrons. The fourth-order valence-corrected chi connectivity index (χ4v) is 2.67. The molecule has 0 aliphatic heterocycles. The summed E-state index contributed by atoms with van der Waals surface area (Å²) in [5.41, 5.74) is -1.21. The molecule has 0 saturated heterocycles. The molecule has 3 rings (SSSR count). The lowest BCUT2D eigenvalue weighted by atomic mass is 10.1. The van der Waals surface area contributed by atoms with Gasteiger partial charge in [0.05, 0.1) is 6.57 Å². The Bertz CT molecular complexity index is 1080. The standard InChI is InChI=1S/C18H11F3N2O4/c1-9-15(17(24)25)11-6-14(12(22-2)7-13(11)27-9)26-8-10-4-3-5-23-16(10)18(19,20)21/h3-7H,8H2,1H3,(H,24,25). The molecule has 3 aromatic rings. The Kier molecular flexibility index (Phi) is 4.49. The van der Waals surface area contributed by atoms with Crippen LogP contribution in [-0.2, 0) is 12.8 Å². The minimum Gasteiger partial charge on any atom is -0.500 e. The summed E-state index contributed by atoms with van der Waals surface area (Å²) in [5, 5.41) is 9.51. The largest absolute Gasteiger partial charge is 0.500 e. The van der Waals surface area contributed by atoms with Gasteiger partial charge in [-0.05, 0) is 25.1 Å². The number of alkyl halides is 3. The number of aromatic nitrogens is 1. The molecular weight excluding hydrogens is 365 g/mol. The van der Waals surface area contributed by atoms with Crippen LogP contribution in [0.15, 0.2) is 34.9 Å². The van der Waals surface area contributed by atoms with Gasteiger partial charge in [-0.2, -0.15) is 13.2 Å². The molecule has 1 aromatic carbocycles. The normalized spacial score (nSPS) is 11.4. The Morgan fingerprint density at radius 1 is 1.41 bits per heavy atom. The highest BCUT2D eigenvalue weighted by Crippen LogP contribution is 2.38. The van der Waals surface area contributed by atoms with Crippen molar-refractivity contribution < 1.29 is 32.2 Å². The van der Waals surface area contributed by atoms with Gasteiger partial charge >= 0.3 is 12.1 Å². The molecule has 0 unspecified atom stereocenters. The van der Waals surface area contributed by atoms with E-state index < -0.39 is 24.4 Å². The number of carboxylic acid groups (broad SMARTS) is 1. The summed E-state index contributed by atoms with van der Waals surface area (Å²) in [6, 6.07) is 5.14. The van der Waals surface area contributed by atoms with Crippen LogP contribution in [0.5, 0.6) is 5.75 Å². The van der Waals surface area contributed by atoms with E-state index in [0.717, 1.165) is 6.20 Å². The number of pyridine rings is 1. The highest BCUT2D eigenvalue weighted by atomic mass is 19.4. The molecule has 6 nitrogen and oxygen atoms in total. The van der Waals surface area contributed by atoms with Crippen LogP contribution >= 0.6 is 0 Å². The average molecular weight is 376 g/mol. The molecule has 0 bridgehead atoms. The second kappa shape index (κ2) is 6.64. The van der Waals surface area contributed by atoms with Crippen molar-refractivity contribution in [2.45, 2.75) is 19.7 Å². The first kappa shape index (κ1) is 18.3. The lowest BCUT2D eigenvalue weighted by Crippen LogP contribution is -2.13. The number of benzene rings is 1. The van der Waals surface area contributed by atoms with Crippen LogP contribution in [0.3, 0.4) is 0 Å². The van der Waals surface area contributed by atoms with Crippen LogP contribution in [0.25, 0.3) is 15.8 Å². The number of aryl methyl sites for hydroxylation is 1. The number of hydrogen-bond donors (Lipinski definition) is 1. The molecule has 0 amide bonds. The van der Waals surface area contributed by atoms with Crippen LogP contribution in [0, 0.1) is 13.5 Å². The van der Waals surface area contributed by atoms with Crippen LogP contribution in [0.1, 0.15) is 27.4 Å². The minimum atomic E-state index is -4.65. The van der Waals surface area contributed by atoms with Gasteiger partial charge in [-0.1, -0.05) is 6.07 Å². The lowest BCUT2D eigenvalue weighted by molar-refractivity contribution is -0.142.